The fourth-order valence-electron chi connectivity index (χ4n) is 2.09. The Morgan fingerprint density at radius 2 is 1.53 bits per heavy atom. The van der Waals surface area contributed by atoms with Crippen molar-refractivity contribution in [2.45, 2.75) is 20.0 Å². The Bertz CT molecular complexity index is 606. The molecular weight excluding hydrogens is 314 g/mol. The van der Waals surface area contributed by atoms with Gasteiger partial charge in [-0.3, -0.25) is 0 Å². The molecule has 1 nitrogen and oxygen atoms in total. The second-order valence-corrected chi connectivity index (χ2v) is 5.47. The Labute approximate surface area is 119 Å². The van der Waals surface area contributed by atoms with E-state index in [2.05, 4.69) is 15.9 Å². The van der Waals surface area contributed by atoms with Crippen LogP contribution in [0.1, 0.15) is 28.4 Å². The molecule has 2 aromatic carbocycles. The minimum atomic E-state index is -1.18. The highest BCUT2D eigenvalue weighted by Crippen LogP contribution is 2.29. The molecule has 2 rings (SSSR count). The topological polar surface area (TPSA) is 20.2 Å². The SMILES string of the molecule is Cc1cc(C)cc(C(O)c2cc(F)c(Br)cc2F)c1. The molecule has 0 saturated carbocycles. The monoisotopic (exact) mass is 326 g/mol. The van der Waals surface area contributed by atoms with Gasteiger partial charge < -0.3 is 5.11 Å². The van der Waals surface area contributed by atoms with Crippen molar-refractivity contribution in [1.29, 1.82) is 0 Å². The highest BCUT2D eigenvalue weighted by atomic mass is 79.9. The van der Waals surface area contributed by atoms with E-state index in [1.54, 1.807) is 12.1 Å². The Morgan fingerprint density at radius 1 is 0.947 bits per heavy atom. The van der Waals surface area contributed by atoms with Gasteiger partial charge in [-0.25, -0.2) is 8.78 Å². The fourth-order valence-corrected chi connectivity index (χ4v) is 2.41. The van der Waals surface area contributed by atoms with E-state index >= 15 is 0 Å². The summed E-state index contributed by atoms with van der Waals surface area (Å²) in [5, 5.41) is 10.2. The average molecular weight is 327 g/mol. The molecule has 0 radical (unpaired) electrons. The molecule has 0 aliphatic heterocycles. The second-order valence-electron chi connectivity index (χ2n) is 4.61. The zero-order valence-electron chi connectivity index (χ0n) is 10.5. The molecule has 1 unspecified atom stereocenters. The predicted octanol–water partition coefficient (Wildman–Crippen LogP) is 4.43. The van der Waals surface area contributed by atoms with E-state index in [9.17, 15) is 13.9 Å². The van der Waals surface area contributed by atoms with Gasteiger partial charge >= 0.3 is 0 Å². The normalized spacial score (nSPS) is 12.5. The Morgan fingerprint density at radius 3 is 2.11 bits per heavy atom. The Hall–Kier alpha value is -1.26. The number of hydrogen-bond donors (Lipinski definition) is 1. The maximum atomic E-state index is 13.8. The summed E-state index contributed by atoms with van der Waals surface area (Å²) in [5.74, 6) is -1.24. The number of halogens is 3. The van der Waals surface area contributed by atoms with Gasteiger partial charge in [-0.1, -0.05) is 29.3 Å². The minimum absolute atomic E-state index is 0.0429. The van der Waals surface area contributed by atoms with E-state index < -0.39 is 17.7 Å². The lowest BCUT2D eigenvalue weighted by Gasteiger charge is -2.14. The van der Waals surface area contributed by atoms with Crippen LogP contribution in [-0.4, -0.2) is 5.11 Å². The minimum Gasteiger partial charge on any atom is -0.384 e. The van der Waals surface area contributed by atoms with Crippen molar-refractivity contribution >= 4 is 15.9 Å². The zero-order chi connectivity index (χ0) is 14.2. The summed E-state index contributed by atoms with van der Waals surface area (Å²) in [5.41, 5.74) is 2.42. The van der Waals surface area contributed by atoms with Crippen LogP contribution in [0.25, 0.3) is 0 Å². The zero-order valence-corrected chi connectivity index (χ0v) is 12.1. The van der Waals surface area contributed by atoms with E-state index in [4.69, 9.17) is 0 Å². The summed E-state index contributed by atoms with van der Waals surface area (Å²) in [6.07, 6.45) is -1.18. The van der Waals surface area contributed by atoms with Gasteiger partial charge in [0, 0.05) is 5.56 Å². The fraction of sp³-hybridized carbons (Fsp3) is 0.200. The van der Waals surface area contributed by atoms with Gasteiger partial charge in [0.2, 0.25) is 0 Å². The lowest BCUT2D eigenvalue weighted by atomic mass is 9.97. The molecule has 0 aliphatic rings. The lowest BCUT2D eigenvalue weighted by molar-refractivity contribution is 0.214. The van der Waals surface area contributed by atoms with Crippen LogP contribution in [0.4, 0.5) is 8.78 Å². The molecule has 0 aliphatic carbocycles. The van der Waals surface area contributed by atoms with E-state index in [0.717, 1.165) is 23.3 Å². The van der Waals surface area contributed by atoms with Gasteiger partial charge in [-0.15, -0.1) is 0 Å². The number of aliphatic hydroxyl groups excluding tert-OH is 1. The standard InChI is InChI=1S/C15H13BrF2O/c1-8-3-9(2)5-10(4-8)15(19)11-6-14(18)12(16)7-13(11)17/h3-7,15,19H,1-2H3. The van der Waals surface area contributed by atoms with Crippen molar-refractivity contribution in [3.05, 3.63) is 68.7 Å². The smallest absolute Gasteiger partial charge is 0.137 e. The molecule has 1 atom stereocenters. The van der Waals surface area contributed by atoms with Gasteiger partial charge in [-0.05, 0) is 47.5 Å². The summed E-state index contributed by atoms with van der Waals surface area (Å²) in [4.78, 5) is 0. The quantitative estimate of drug-likeness (QED) is 0.809. The van der Waals surface area contributed by atoms with Crippen molar-refractivity contribution < 1.29 is 13.9 Å². The molecular formula is C15H13BrF2O. The van der Waals surface area contributed by atoms with Crippen LogP contribution in [0.5, 0.6) is 0 Å². The highest BCUT2D eigenvalue weighted by molar-refractivity contribution is 9.10. The first-order valence-corrected chi connectivity index (χ1v) is 6.58. The van der Waals surface area contributed by atoms with Gasteiger partial charge in [0.15, 0.2) is 0 Å². The van der Waals surface area contributed by atoms with E-state index in [1.807, 2.05) is 19.9 Å². The number of aliphatic hydroxyl groups is 1. The number of hydrogen-bond acceptors (Lipinski definition) is 1. The molecule has 1 N–H and O–H groups in total. The molecule has 0 fully saturated rings. The summed E-state index contributed by atoms with van der Waals surface area (Å²) in [7, 11) is 0. The van der Waals surface area contributed by atoms with Crippen LogP contribution in [0.3, 0.4) is 0 Å². The third-order valence-electron chi connectivity index (χ3n) is 2.89. The second kappa shape index (κ2) is 5.39. The first-order chi connectivity index (χ1) is 8.88. The van der Waals surface area contributed by atoms with Crippen LogP contribution in [0, 0.1) is 25.5 Å². The number of rotatable bonds is 2. The van der Waals surface area contributed by atoms with Crippen molar-refractivity contribution in [2.24, 2.45) is 0 Å². The van der Waals surface area contributed by atoms with E-state index in [-0.39, 0.29) is 10.0 Å². The maximum absolute atomic E-state index is 13.8. The molecule has 0 saturated heterocycles. The van der Waals surface area contributed by atoms with Crippen molar-refractivity contribution in [1.82, 2.24) is 0 Å². The van der Waals surface area contributed by atoms with Crippen LogP contribution >= 0.6 is 15.9 Å². The largest absolute Gasteiger partial charge is 0.384 e. The lowest BCUT2D eigenvalue weighted by Crippen LogP contribution is -2.04. The summed E-state index contributed by atoms with van der Waals surface area (Å²) < 4.78 is 27.3. The predicted molar refractivity (Wildman–Crippen MR) is 74.0 cm³/mol. The van der Waals surface area contributed by atoms with Gasteiger partial charge in [0.1, 0.15) is 17.7 Å². The van der Waals surface area contributed by atoms with Crippen LogP contribution in [0.2, 0.25) is 0 Å². The Kier molecular flexibility index (Phi) is 4.02. The number of aryl methyl sites for hydroxylation is 2. The third kappa shape index (κ3) is 3.01. The first kappa shape index (κ1) is 14.2. The van der Waals surface area contributed by atoms with Gasteiger partial charge in [0.05, 0.1) is 4.47 Å². The van der Waals surface area contributed by atoms with Crippen LogP contribution in [-0.2, 0) is 0 Å². The average Bonchev–Trinajstić information content (AvgIpc) is 2.31. The highest BCUT2D eigenvalue weighted by Gasteiger charge is 2.18. The van der Waals surface area contributed by atoms with Crippen molar-refractivity contribution in [3.63, 3.8) is 0 Å². The van der Waals surface area contributed by atoms with E-state index in [1.165, 1.54) is 0 Å². The van der Waals surface area contributed by atoms with Crippen molar-refractivity contribution in [2.75, 3.05) is 0 Å². The summed E-state index contributed by atoms with van der Waals surface area (Å²) >= 11 is 2.91. The molecule has 0 spiro atoms. The molecule has 0 aromatic heterocycles. The molecule has 0 amide bonds. The van der Waals surface area contributed by atoms with Gasteiger partial charge in [0.25, 0.3) is 0 Å². The molecule has 0 bridgehead atoms. The summed E-state index contributed by atoms with van der Waals surface area (Å²) in [6, 6.07) is 7.52. The Balaban J connectivity index is 2.49. The molecule has 19 heavy (non-hydrogen) atoms. The molecule has 2 aromatic rings. The molecule has 4 heteroatoms. The summed E-state index contributed by atoms with van der Waals surface area (Å²) in [6.45, 7) is 3.78. The van der Waals surface area contributed by atoms with Crippen LogP contribution < -0.4 is 0 Å². The van der Waals surface area contributed by atoms with Crippen molar-refractivity contribution in [3.8, 4) is 0 Å². The van der Waals surface area contributed by atoms with Crippen LogP contribution in [0.15, 0.2) is 34.8 Å². The molecule has 0 heterocycles. The first-order valence-electron chi connectivity index (χ1n) is 5.79. The maximum Gasteiger partial charge on any atom is 0.137 e. The number of benzene rings is 2. The molecule has 100 valence electrons. The third-order valence-corrected chi connectivity index (χ3v) is 3.50. The van der Waals surface area contributed by atoms with Gasteiger partial charge in [-0.2, -0.15) is 0 Å². The van der Waals surface area contributed by atoms with E-state index in [0.29, 0.717) is 5.56 Å².